The Morgan fingerprint density at radius 3 is 2.06 bits per heavy atom. The smallest absolute Gasteiger partial charge is 0.0486 e. The SMILES string of the molecule is CNC1(c2c(C)cc(C)cc2C)CCOCC1. The fraction of sp³-hybridized carbons (Fsp3) is 0.600. The second-order valence-electron chi connectivity index (χ2n) is 5.22. The average Bonchev–Trinajstić information content (AvgIpc) is 2.28. The van der Waals surface area contributed by atoms with E-state index in [0.717, 1.165) is 26.1 Å². The Kier molecular flexibility index (Phi) is 3.55. The largest absolute Gasteiger partial charge is 0.381 e. The summed E-state index contributed by atoms with van der Waals surface area (Å²) >= 11 is 0. The van der Waals surface area contributed by atoms with Crippen LogP contribution in [0.2, 0.25) is 0 Å². The lowest BCUT2D eigenvalue weighted by Crippen LogP contribution is -2.45. The van der Waals surface area contributed by atoms with E-state index >= 15 is 0 Å². The first-order valence-electron chi connectivity index (χ1n) is 6.44. The van der Waals surface area contributed by atoms with E-state index in [1.807, 2.05) is 0 Å². The molecule has 0 saturated carbocycles. The molecular weight excluding hydrogens is 210 g/mol. The minimum absolute atomic E-state index is 0.111. The van der Waals surface area contributed by atoms with Crippen LogP contribution >= 0.6 is 0 Å². The summed E-state index contributed by atoms with van der Waals surface area (Å²) in [6.45, 7) is 8.33. The van der Waals surface area contributed by atoms with E-state index in [1.54, 1.807) is 0 Å². The van der Waals surface area contributed by atoms with Crippen LogP contribution in [-0.2, 0) is 10.3 Å². The molecule has 2 heteroatoms. The molecule has 1 aliphatic heterocycles. The molecule has 0 atom stereocenters. The first-order chi connectivity index (χ1) is 8.09. The highest BCUT2D eigenvalue weighted by molar-refractivity contribution is 5.42. The number of rotatable bonds is 2. The van der Waals surface area contributed by atoms with Gasteiger partial charge in [-0.3, -0.25) is 0 Å². The van der Waals surface area contributed by atoms with E-state index in [-0.39, 0.29) is 5.54 Å². The third-order valence-electron chi connectivity index (χ3n) is 3.98. The Hall–Kier alpha value is -0.860. The zero-order valence-electron chi connectivity index (χ0n) is 11.4. The van der Waals surface area contributed by atoms with Crippen molar-refractivity contribution in [2.75, 3.05) is 20.3 Å². The predicted molar refractivity (Wildman–Crippen MR) is 71.4 cm³/mol. The summed E-state index contributed by atoms with van der Waals surface area (Å²) in [6.07, 6.45) is 2.13. The fourth-order valence-electron chi connectivity index (χ4n) is 3.28. The van der Waals surface area contributed by atoms with E-state index < -0.39 is 0 Å². The molecule has 2 rings (SSSR count). The van der Waals surface area contributed by atoms with E-state index in [1.165, 1.54) is 22.3 Å². The van der Waals surface area contributed by atoms with Crippen molar-refractivity contribution in [3.05, 3.63) is 34.4 Å². The molecule has 17 heavy (non-hydrogen) atoms. The van der Waals surface area contributed by atoms with Crippen molar-refractivity contribution in [2.45, 2.75) is 39.2 Å². The standard InChI is InChI=1S/C15H23NO/c1-11-9-12(2)14(13(3)10-11)15(16-4)5-7-17-8-6-15/h9-10,16H,5-8H2,1-4H3. The zero-order valence-corrected chi connectivity index (χ0v) is 11.4. The van der Waals surface area contributed by atoms with Gasteiger partial charge >= 0.3 is 0 Å². The van der Waals surface area contributed by atoms with Crippen molar-refractivity contribution >= 4 is 0 Å². The third-order valence-corrected chi connectivity index (χ3v) is 3.98. The molecule has 1 aliphatic rings. The second-order valence-corrected chi connectivity index (χ2v) is 5.22. The van der Waals surface area contributed by atoms with Crippen LogP contribution in [0.3, 0.4) is 0 Å². The molecule has 1 saturated heterocycles. The van der Waals surface area contributed by atoms with Gasteiger partial charge in [0.1, 0.15) is 0 Å². The molecule has 1 aromatic carbocycles. The Balaban J connectivity index is 2.50. The molecule has 0 bridgehead atoms. The molecule has 2 nitrogen and oxygen atoms in total. The number of hydrogen-bond donors (Lipinski definition) is 1. The minimum atomic E-state index is 0.111. The number of ether oxygens (including phenoxy) is 1. The third kappa shape index (κ3) is 2.24. The number of nitrogens with one attached hydrogen (secondary N) is 1. The molecule has 1 fully saturated rings. The monoisotopic (exact) mass is 233 g/mol. The summed E-state index contributed by atoms with van der Waals surface area (Å²) in [6, 6.07) is 4.58. The molecule has 0 aromatic heterocycles. The second kappa shape index (κ2) is 4.79. The van der Waals surface area contributed by atoms with Crippen LogP contribution < -0.4 is 5.32 Å². The lowest BCUT2D eigenvalue weighted by molar-refractivity contribution is 0.0394. The zero-order chi connectivity index (χ0) is 12.5. The summed E-state index contributed by atoms with van der Waals surface area (Å²) in [5, 5.41) is 3.55. The Bertz CT molecular complexity index is 382. The van der Waals surface area contributed by atoms with Crippen molar-refractivity contribution in [3.8, 4) is 0 Å². The summed E-state index contributed by atoms with van der Waals surface area (Å²) in [5.41, 5.74) is 5.74. The molecule has 1 aromatic rings. The highest BCUT2D eigenvalue weighted by atomic mass is 16.5. The van der Waals surface area contributed by atoms with Crippen molar-refractivity contribution < 1.29 is 4.74 Å². The molecule has 0 spiro atoms. The summed E-state index contributed by atoms with van der Waals surface area (Å²) in [5.74, 6) is 0. The van der Waals surface area contributed by atoms with Gasteiger partial charge in [-0.15, -0.1) is 0 Å². The van der Waals surface area contributed by atoms with Gasteiger partial charge in [0.2, 0.25) is 0 Å². The van der Waals surface area contributed by atoms with Gasteiger partial charge < -0.3 is 10.1 Å². The Labute approximate surface area is 104 Å². The van der Waals surface area contributed by atoms with Crippen LogP contribution in [-0.4, -0.2) is 20.3 Å². The first-order valence-corrected chi connectivity index (χ1v) is 6.44. The molecule has 0 amide bonds. The van der Waals surface area contributed by atoms with Gasteiger partial charge in [-0.1, -0.05) is 17.7 Å². The highest BCUT2D eigenvalue weighted by Crippen LogP contribution is 2.36. The van der Waals surface area contributed by atoms with Crippen LogP contribution in [0.25, 0.3) is 0 Å². The lowest BCUT2D eigenvalue weighted by Gasteiger charge is -2.39. The number of hydrogen-bond acceptors (Lipinski definition) is 2. The van der Waals surface area contributed by atoms with Crippen molar-refractivity contribution in [2.24, 2.45) is 0 Å². The quantitative estimate of drug-likeness (QED) is 0.848. The van der Waals surface area contributed by atoms with Crippen LogP contribution in [0.5, 0.6) is 0 Å². The first kappa shape index (κ1) is 12.6. The lowest BCUT2D eigenvalue weighted by atomic mass is 9.78. The van der Waals surface area contributed by atoms with Gasteiger partial charge in [0.05, 0.1) is 0 Å². The van der Waals surface area contributed by atoms with Crippen LogP contribution in [0.15, 0.2) is 12.1 Å². The Morgan fingerprint density at radius 2 is 1.59 bits per heavy atom. The Morgan fingerprint density at radius 1 is 1.06 bits per heavy atom. The summed E-state index contributed by atoms with van der Waals surface area (Å²) < 4.78 is 5.51. The van der Waals surface area contributed by atoms with Gasteiger partial charge in [0, 0.05) is 18.8 Å². The average molecular weight is 233 g/mol. The van der Waals surface area contributed by atoms with E-state index in [4.69, 9.17) is 4.74 Å². The maximum atomic E-state index is 5.51. The summed E-state index contributed by atoms with van der Waals surface area (Å²) in [7, 11) is 2.07. The van der Waals surface area contributed by atoms with Crippen LogP contribution in [0, 0.1) is 20.8 Å². The molecule has 94 valence electrons. The maximum absolute atomic E-state index is 5.51. The van der Waals surface area contributed by atoms with E-state index in [0.29, 0.717) is 0 Å². The van der Waals surface area contributed by atoms with E-state index in [2.05, 4.69) is 45.3 Å². The molecular formula is C15H23NO. The molecule has 1 heterocycles. The predicted octanol–water partition coefficient (Wildman–Crippen LogP) is 2.84. The highest BCUT2D eigenvalue weighted by Gasteiger charge is 2.35. The maximum Gasteiger partial charge on any atom is 0.0486 e. The molecule has 0 radical (unpaired) electrons. The number of benzene rings is 1. The van der Waals surface area contributed by atoms with Crippen molar-refractivity contribution in [1.82, 2.24) is 5.32 Å². The number of aryl methyl sites for hydroxylation is 3. The minimum Gasteiger partial charge on any atom is -0.381 e. The molecule has 1 N–H and O–H groups in total. The normalized spacial score (nSPS) is 19.3. The fourth-order valence-corrected chi connectivity index (χ4v) is 3.28. The van der Waals surface area contributed by atoms with Gasteiger partial charge in [-0.05, 0) is 57.4 Å². The van der Waals surface area contributed by atoms with Crippen LogP contribution in [0.4, 0.5) is 0 Å². The van der Waals surface area contributed by atoms with Crippen molar-refractivity contribution in [3.63, 3.8) is 0 Å². The molecule has 0 aliphatic carbocycles. The summed E-state index contributed by atoms with van der Waals surface area (Å²) in [4.78, 5) is 0. The van der Waals surface area contributed by atoms with Gasteiger partial charge in [0.25, 0.3) is 0 Å². The van der Waals surface area contributed by atoms with Gasteiger partial charge in [-0.25, -0.2) is 0 Å². The van der Waals surface area contributed by atoms with E-state index in [9.17, 15) is 0 Å². The van der Waals surface area contributed by atoms with Crippen molar-refractivity contribution in [1.29, 1.82) is 0 Å². The van der Waals surface area contributed by atoms with Gasteiger partial charge in [-0.2, -0.15) is 0 Å². The van der Waals surface area contributed by atoms with Crippen LogP contribution in [0.1, 0.15) is 35.1 Å². The van der Waals surface area contributed by atoms with Gasteiger partial charge in [0.15, 0.2) is 0 Å². The topological polar surface area (TPSA) is 21.3 Å². The molecule has 0 unspecified atom stereocenters.